The average molecular weight is 328 g/mol. The van der Waals surface area contributed by atoms with E-state index >= 15 is 0 Å². The molecule has 0 radical (unpaired) electrons. The van der Waals surface area contributed by atoms with Gasteiger partial charge in [-0.2, -0.15) is 0 Å². The van der Waals surface area contributed by atoms with Crippen LogP contribution in [0.1, 0.15) is 49.3 Å². The van der Waals surface area contributed by atoms with Gasteiger partial charge in [-0.1, -0.05) is 29.8 Å². The Labute approximate surface area is 144 Å². The monoisotopic (exact) mass is 328 g/mol. The average Bonchev–Trinajstić information content (AvgIpc) is 3.40. The molecule has 2 heterocycles. The molecule has 1 saturated carbocycles. The van der Waals surface area contributed by atoms with Crippen LogP contribution in [0.4, 0.5) is 0 Å². The van der Waals surface area contributed by atoms with Crippen molar-refractivity contribution in [2.75, 3.05) is 19.6 Å². The zero-order valence-electron chi connectivity index (χ0n) is 14.5. The first-order valence-corrected chi connectivity index (χ1v) is 9.40. The standard InChI is InChI=1S/C20H28N2O2/c1-14-2-4-15(5-3-14)19(23)13-21-11-10-18-16(12-21)6-9-20(24)22(18)17-7-8-17/h2-5,16-19,23H,6-13H2,1H3. The van der Waals surface area contributed by atoms with Crippen molar-refractivity contribution in [2.45, 2.75) is 57.2 Å². The van der Waals surface area contributed by atoms with E-state index in [4.69, 9.17) is 0 Å². The van der Waals surface area contributed by atoms with Gasteiger partial charge in [0.2, 0.25) is 5.91 Å². The summed E-state index contributed by atoms with van der Waals surface area (Å²) >= 11 is 0. The van der Waals surface area contributed by atoms with E-state index in [1.54, 1.807) is 0 Å². The van der Waals surface area contributed by atoms with E-state index in [9.17, 15) is 9.90 Å². The van der Waals surface area contributed by atoms with Crippen LogP contribution in [0.15, 0.2) is 24.3 Å². The maximum atomic E-state index is 12.3. The lowest BCUT2D eigenvalue weighted by Crippen LogP contribution is -2.57. The molecule has 0 spiro atoms. The Kier molecular flexibility index (Phi) is 4.35. The van der Waals surface area contributed by atoms with E-state index < -0.39 is 6.10 Å². The first kappa shape index (κ1) is 16.1. The molecule has 1 aromatic carbocycles. The molecule has 1 amide bonds. The second-order valence-electron chi connectivity index (χ2n) is 7.87. The van der Waals surface area contributed by atoms with E-state index in [-0.39, 0.29) is 0 Å². The zero-order chi connectivity index (χ0) is 16.7. The molecule has 1 N–H and O–H groups in total. The van der Waals surface area contributed by atoms with Crippen LogP contribution in [-0.4, -0.2) is 52.5 Å². The van der Waals surface area contributed by atoms with Crippen molar-refractivity contribution in [3.63, 3.8) is 0 Å². The van der Waals surface area contributed by atoms with Gasteiger partial charge in [0.25, 0.3) is 0 Å². The van der Waals surface area contributed by atoms with Gasteiger partial charge in [-0.3, -0.25) is 9.69 Å². The highest BCUT2D eigenvalue weighted by molar-refractivity contribution is 5.78. The van der Waals surface area contributed by atoms with Crippen molar-refractivity contribution in [3.05, 3.63) is 35.4 Å². The molecule has 3 atom stereocenters. The Morgan fingerprint density at radius 2 is 1.92 bits per heavy atom. The molecular formula is C20H28N2O2. The van der Waals surface area contributed by atoms with Gasteiger partial charge in [-0.25, -0.2) is 0 Å². The number of aryl methyl sites for hydroxylation is 1. The Bertz CT molecular complexity index is 596. The number of amides is 1. The number of aliphatic hydroxyl groups is 1. The summed E-state index contributed by atoms with van der Waals surface area (Å²) in [5, 5.41) is 10.5. The Morgan fingerprint density at radius 1 is 1.17 bits per heavy atom. The number of aliphatic hydroxyl groups excluding tert-OH is 1. The fraction of sp³-hybridized carbons (Fsp3) is 0.650. The number of hydrogen-bond donors (Lipinski definition) is 1. The zero-order valence-corrected chi connectivity index (χ0v) is 14.5. The fourth-order valence-electron chi connectivity index (χ4n) is 4.50. The van der Waals surface area contributed by atoms with Crippen LogP contribution >= 0.6 is 0 Å². The Morgan fingerprint density at radius 3 is 2.62 bits per heavy atom. The van der Waals surface area contributed by atoms with Crippen LogP contribution in [0.2, 0.25) is 0 Å². The molecule has 3 fully saturated rings. The number of carbonyl (C=O) groups is 1. The number of β-amino-alcohol motifs (C(OH)–C–C–N with tert-alkyl or cyclic N) is 1. The minimum Gasteiger partial charge on any atom is -0.387 e. The molecule has 4 heteroatoms. The number of likely N-dealkylation sites (tertiary alicyclic amines) is 2. The lowest BCUT2D eigenvalue weighted by Gasteiger charge is -2.47. The summed E-state index contributed by atoms with van der Waals surface area (Å²) in [6, 6.07) is 9.17. The third-order valence-corrected chi connectivity index (χ3v) is 5.99. The number of carbonyl (C=O) groups excluding carboxylic acids is 1. The van der Waals surface area contributed by atoms with Crippen molar-refractivity contribution in [1.29, 1.82) is 0 Å². The van der Waals surface area contributed by atoms with Gasteiger partial charge in [0, 0.05) is 38.1 Å². The number of benzene rings is 1. The van der Waals surface area contributed by atoms with E-state index in [1.807, 2.05) is 12.1 Å². The molecule has 24 heavy (non-hydrogen) atoms. The minimum atomic E-state index is -0.424. The first-order chi connectivity index (χ1) is 11.6. The predicted octanol–water partition coefficient (Wildman–Crippen LogP) is 2.50. The summed E-state index contributed by atoms with van der Waals surface area (Å²) in [7, 11) is 0. The summed E-state index contributed by atoms with van der Waals surface area (Å²) in [5.74, 6) is 0.967. The third kappa shape index (κ3) is 3.22. The maximum Gasteiger partial charge on any atom is 0.223 e. The van der Waals surface area contributed by atoms with E-state index in [2.05, 4.69) is 28.9 Å². The molecule has 1 aromatic rings. The highest BCUT2D eigenvalue weighted by Gasteiger charge is 2.45. The summed E-state index contributed by atoms with van der Waals surface area (Å²) in [6.07, 6.45) is 4.77. The molecule has 4 rings (SSSR count). The number of rotatable bonds is 4. The Balaban J connectivity index is 1.37. The van der Waals surface area contributed by atoms with E-state index in [1.165, 1.54) is 18.4 Å². The molecule has 0 bridgehead atoms. The lowest BCUT2D eigenvalue weighted by atomic mass is 9.83. The van der Waals surface area contributed by atoms with Crippen LogP contribution in [0, 0.1) is 12.8 Å². The van der Waals surface area contributed by atoms with Gasteiger partial charge in [0.1, 0.15) is 0 Å². The van der Waals surface area contributed by atoms with E-state index in [0.29, 0.717) is 36.9 Å². The van der Waals surface area contributed by atoms with Crippen LogP contribution < -0.4 is 0 Å². The smallest absolute Gasteiger partial charge is 0.223 e. The van der Waals surface area contributed by atoms with Gasteiger partial charge in [0.15, 0.2) is 0 Å². The van der Waals surface area contributed by atoms with Crippen molar-refractivity contribution in [2.24, 2.45) is 5.92 Å². The largest absolute Gasteiger partial charge is 0.387 e. The highest BCUT2D eigenvalue weighted by atomic mass is 16.3. The van der Waals surface area contributed by atoms with Gasteiger partial charge in [-0.15, -0.1) is 0 Å². The maximum absolute atomic E-state index is 12.3. The van der Waals surface area contributed by atoms with Crippen molar-refractivity contribution in [3.8, 4) is 0 Å². The van der Waals surface area contributed by atoms with Crippen LogP contribution in [0.3, 0.4) is 0 Å². The summed E-state index contributed by atoms with van der Waals surface area (Å²) in [4.78, 5) is 16.9. The van der Waals surface area contributed by atoms with Crippen molar-refractivity contribution in [1.82, 2.24) is 9.80 Å². The van der Waals surface area contributed by atoms with Crippen LogP contribution in [-0.2, 0) is 4.79 Å². The second-order valence-corrected chi connectivity index (χ2v) is 7.87. The molecular weight excluding hydrogens is 300 g/mol. The lowest BCUT2D eigenvalue weighted by molar-refractivity contribution is -0.142. The molecule has 4 nitrogen and oxygen atoms in total. The minimum absolute atomic E-state index is 0.381. The van der Waals surface area contributed by atoms with Gasteiger partial charge in [0.05, 0.1) is 6.10 Å². The molecule has 130 valence electrons. The predicted molar refractivity (Wildman–Crippen MR) is 93.6 cm³/mol. The van der Waals surface area contributed by atoms with Crippen molar-refractivity contribution < 1.29 is 9.90 Å². The Hall–Kier alpha value is -1.39. The summed E-state index contributed by atoms with van der Waals surface area (Å²) in [5.41, 5.74) is 2.22. The van der Waals surface area contributed by atoms with Gasteiger partial charge < -0.3 is 10.0 Å². The molecule has 3 aliphatic rings. The number of piperidine rings is 2. The van der Waals surface area contributed by atoms with Crippen molar-refractivity contribution >= 4 is 5.91 Å². The normalized spacial score (nSPS) is 29.4. The molecule has 2 saturated heterocycles. The van der Waals surface area contributed by atoms with E-state index in [0.717, 1.165) is 31.5 Å². The van der Waals surface area contributed by atoms with Gasteiger partial charge in [-0.05, 0) is 44.1 Å². The SMILES string of the molecule is Cc1ccc(C(O)CN2CCC3C(CCC(=O)N3C3CC3)C2)cc1. The number of nitrogens with zero attached hydrogens (tertiary/aromatic N) is 2. The van der Waals surface area contributed by atoms with Gasteiger partial charge >= 0.3 is 0 Å². The highest BCUT2D eigenvalue weighted by Crippen LogP contribution is 2.39. The first-order valence-electron chi connectivity index (χ1n) is 9.40. The second kappa shape index (κ2) is 6.49. The number of hydrogen-bond acceptors (Lipinski definition) is 3. The summed E-state index contributed by atoms with van der Waals surface area (Å²) in [6.45, 7) is 4.77. The fourth-order valence-corrected chi connectivity index (χ4v) is 4.50. The topological polar surface area (TPSA) is 43.8 Å². The van der Waals surface area contributed by atoms with Crippen LogP contribution in [0.25, 0.3) is 0 Å². The third-order valence-electron chi connectivity index (χ3n) is 5.99. The summed E-state index contributed by atoms with van der Waals surface area (Å²) < 4.78 is 0. The quantitative estimate of drug-likeness (QED) is 0.923. The molecule has 3 unspecified atom stereocenters. The molecule has 1 aliphatic carbocycles. The number of fused-ring (bicyclic) bond motifs is 1. The van der Waals surface area contributed by atoms with Crippen LogP contribution in [0.5, 0.6) is 0 Å². The molecule has 2 aliphatic heterocycles. The molecule has 0 aromatic heterocycles.